The number of nitrogens with two attached hydrogens (primary N) is 1. The summed E-state index contributed by atoms with van der Waals surface area (Å²) in [5.41, 5.74) is 7.21. The number of nitrogens with zero attached hydrogens (tertiary/aromatic N) is 1. The van der Waals surface area contributed by atoms with Crippen molar-refractivity contribution in [1.29, 1.82) is 0 Å². The molecule has 1 aliphatic rings. The highest BCUT2D eigenvalue weighted by molar-refractivity contribution is 8.00. The first kappa shape index (κ1) is 20.6. The van der Waals surface area contributed by atoms with E-state index in [1.165, 1.54) is 12.1 Å². The maximum absolute atomic E-state index is 10.5. The second-order valence-corrected chi connectivity index (χ2v) is 8.39. The third kappa shape index (κ3) is 6.53. The van der Waals surface area contributed by atoms with Crippen molar-refractivity contribution in [3.63, 3.8) is 0 Å². The Kier molecular flexibility index (Phi) is 7.33. The van der Waals surface area contributed by atoms with Crippen molar-refractivity contribution < 1.29 is 13.0 Å². The lowest BCUT2D eigenvalue weighted by atomic mass is 10.2. The fourth-order valence-corrected chi connectivity index (χ4v) is 3.59. The Labute approximate surface area is 162 Å². The highest BCUT2D eigenvalue weighted by Gasteiger charge is 2.07. The van der Waals surface area contributed by atoms with Gasteiger partial charge in [0.25, 0.3) is 10.1 Å². The predicted molar refractivity (Wildman–Crippen MR) is 108 cm³/mol. The van der Waals surface area contributed by atoms with Gasteiger partial charge in [0.2, 0.25) is 0 Å². The summed E-state index contributed by atoms with van der Waals surface area (Å²) in [6.45, 7) is 3.69. The average molecular weight is 414 g/mol. The molecule has 0 saturated heterocycles. The number of nitrogen functional groups attached to an aromatic ring is 1. The van der Waals surface area contributed by atoms with E-state index in [1.54, 1.807) is 23.9 Å². The molecule has 6 nitrogen and oxygen atoms in total. The molecule has 0 fully saturated rings. The first-order valence-electron chi connectivity index (χ1n) is 7.75. The lowest BCUT2D eigenvalue weighted by Gasteiger charge is -2.04. The number of thioether (sulfide) groups is 1. The Bertz CT molecular complexity index is 885. The second-order valence-electron chi connectivity index (χ2n) is 5.52. The van der Waals surface area contributed by atoms with Gasteiger partial charge in [-0.05, 0) is 37.3 Å². The van der Waals surface area contributed by atoms with Crippen LogP contribution in [0.4, 0.5) is 5.69 Å². The molecule has 140 valence electrons. The van der Waals surface area contributed by atoms with Crippen molar-refractivity contribution in [2.75, 3.05) is 24.6 Å². The quantitative estimate of drug-likeness (QED) is 0.403. The summed E-state index contributed by atoms with van der Waals surface area (Å²) >= 11 is 7.63. The number of benzene rings is 2. The number of amidine groups is 1. The summed E-state index contributed by atoms with van der Waals surface area (Å²) in [6.07, 6.45) is 0. The van der Waals surface area contributed by atoms with Crippen LogP contribution in [-0.4, -0.2) is 37.6 Å². The molecule has 0 amide bonds. The van der Waals surface area contributed by atoms with Gasteiger partial charge in [-0.3, -0.25) is 9.55 Å². The molecular formula is C17H20ClN3O3S2. The van der Waals surface area contributed by atoms with Gasteiger partial charge in [-0.1, -0.05) is 29.3 Å². The molecule has 9 heteroatoms. The van der Waals surface area contributed by atoms with Gasteiger partial charge in [0.1, 0.15) is 5.84 Å². The molecule has 1 aliphatic heterocycles. The third-order valence-electron chi connectivity index (χ3n) is 3.41. The minimum absolute atomic E-state index is 0.0666. The fraction of sp³-hybridized carbons (Fsp3) is 0.235. The van der Waals surface area contributed by atoms with E-state index >= 15 is 0 Å². The zero-order valence-electron chi connectivity index (χ0n) is 14.1. The molecular weight excluding hydrogens is 394 g/mol. The lowest BCUT2D eigenvalue weighted by Crippen LogP contribution is -2.20. The molecule has 0 bridgehead atoms. The van der Waals surface area contributed by atoms with Crippen LogP contribution in [-0.2, 0) is 10.1 Å². The highest BCUT2D eigenvalue weighted by Crippen LogP contribution is 2.26. The number of halogens is 1. The lowest BCUT2D eigenvalue weighted by molar-refractivity contribution is 0.483. The van der Waals surface area contributed by atoms with E-state index in [0.29, 0.717) is 10.7 Å². The SMILES string of the molecule is Cc1ccc(S(=O)(=O)O)cc1.Nc1ccc(SCC2=NCCN2)cc1Cl. The average Bonchev–Trinajstić information content (AvgIpc) is 3.10. The molecule has 0 atom stereocenters. The standard InChI is InChI=1S/C10H12ClN3S.C7H8O3S/c11-8-5-7(1-2-9(8)12)15-6-10-13-3-4-14-10;1-6-2-4-7(5-3-6)11(8,9)10/h1-2,5H,3-4,6,12H2,(H,13,14);2-5H,1H3,(H,8,9,10). The number of aryl methyl sites for hydroxylation is 1. The molecule has 3 rings (SSSR count). The van der Waals surface area contributed by atoms with E-state index in [4.69, 9.17) is 21.9 Å². The number of anilines is 1. The van der Waals surface area contributed by atoms with Crippen molar-refractivity contribution in [2.45, 2.75) is 16.7 Å². The molecule has 0 radical (unpaired) electrons. The van der Waals surface area contributed by atoms with E-state index in [0.717, 1.165) is 35.1 Å². The normalized spacial score (nSPS) is 13.4. The molecule has 0 spiro atoms. The minimum atomic E-state index is -4.02. The Morgan fingerprint density at radius 3 is 2.50 bits per heavy atom. The summed E-state index contributed by atoms with van der Waals surface area (Å²) in [5, 5.41) is 3.84. The Hall–Kier alpha value is -1.74. The highest BCUT2D eigenvalue weighted by atomic mass is 35.5. The van der Waals surface area contributed by atoms with Crippen LogP contribution in [0.15, 0.2) is 57.2 Å². The Morgan fingerprint density at radius 1 is 1.27 bits per heavy atom. The maximum atomic E-state index is 10.5. The van der Waals surface area contributed by atoms with Crippen molar-refractivity contribution in [1.82, 2.24) is 5.32 Å². The molecule has 2 aromatic carbocycles. The summed E-state index contributed by atoms with van der Waals surface area (Å²) in [4.78, 5) is 5.37. The van der Waals surface area contributed by atoms with Crippen molar-refractivity contribution in [2.24, 2.45) is 4.99 Å². The van der Waals surface area contributed by atoms with Gasteiger partial charge in [-0.15, -0.1) is 11.8 Å². The first-order valence-corrected chi connectivity index (χ1v) is 10.6. The van der Waals surface area contributed by atoms with Crippen LogP contribution in [0.2, 0.25) is 5.02 Å². The molecule has 0 saturated carbocycles. The molecule has 2 aromatic rings. The Balaban J connectivity index is 0.000000197. The van der Waals surface area contributed by atoms with Crippen LogP contribution in [0, 0.1) is 6.92 Å². The van der Waals surface area contributed by atoms with Crippen molar-refractivity contribution in [3.05, 3.63) is 53.1 Å². The number of nitrogens with one attached hydrogen (secondary N) is 1. The van der Waals surface area contributed by atoms with Crippen LogP contribution in [0.5, 0.6) is 0 Å². The maximum Gasteiger partial charge on any atom is 0.294 e. The molecule has 0 aromatic heterocycles. The number of hydrogen-bond acceptors (Lipinski definition) is 6. The minimum Gasteiger partial charge on any atom is -0.398 e. The Morgan fingerprint density at radius 2 is 1.96 bits per heavy atom. The zero-order valence-corrected chi connectivity index (χ0v) is 16.5. The van der Waals surface area contributed by atoms with E-state index in [1.807, 2.05) is 25.1 Å². The van der Waals surface area contributed by atoms with Crippen LogP contribution in [0.25, 0.3) is 0 Å². The van der Waals surface area contributed by atoms with Crippen LogP contribution < -0.4 is 11.1 Å². The van der Waals surface area contributed by atoms with Gasteiger partial charge in [0.15, 0.2) is 0 Å². The monoisotopic (exact) mass is 413 g/mol. The van der Waals surface area contributed by atoms with Crippen LogP contribution in [0.3, 0.4) is 0 Å². The molecule has 26 heavy (non-hydrogen) atoms. The van der Waals surface area contributed by atoms with Gasteiger partial charge in [0.05, 0.1) is 27.9 Å². The van der Waals surface area contributed by atoms with Gasteiger partial charge in [0, 0.05) is 11.4 Å². The smallest absolute Gasteiger partial charge is 0.294 e. The zero-order chi connectivity index (χ0) is 19.2. The van der Waals surface area contributed by atoms with E-state index in [2.05, 4.69) is 10.3 Å². The largest absolute Gasteiger partial charge is 0.398 e. The van der Waals surface area contributed by atoms with Gasteiger partial charge >= 0.3 is 0 Å². The van der Waals surface area contributed by atoms with E-state index in [-0.39, 0.29) is 4.90 Å². The first-order chi connectivity index (χ1) is 12.3. The third-order valence-corrected chi connectivity index (χ3v) is 5.61. The van der Waals surface area contributed by atoms with E-state index < -0.39 is 10.1 Å². The van der Waals surface area contributed by atoms with Gasteiger partial charge in [-0.25, -0.2) is 0 Å². The predicted octanol–water partition coefficient (Wildman–Crippen LogP) is 3.26. The fourth-order valence-electron chi connectivity index (χ4n) is 2.00. The second kappa shape index (κ2) is 9.27. The van der Waals surface area contributed by atoms with Crippen molar-refractivity contribution in [3.8, 4) is 0 Å². The van der Waals surface area contributed by atoms with Gasteiger partial charge in [-0.2, -0.15) is 8.42 Å². The summed E-state index contributed by atoms with van der Waals surface area (Å²) in [6, 6.07) is 11.7. The molecule has 0 aliphatic carbocycles. The van der Waals surface area contributed by atoms with Crippen molar-refractivity contribution >= 4 is 45.0 Å². The topological polar surface area (TPSA) is 105 Å². The number of aliphatic imine (C=N–C) groups is 1. The molecule has 0 unspecified atom stereocenters. The van der Waals surface area contributed by atoms with E-state index in [9.17, 15) is 8.42 Å². The van der Waals surface area contributed by atoms with Crippen LogP contribution >= 0.6 is 23.4 Å². The molecule has 1 heterocycles. The van der Waals surface area contributed by atoms with Crippen LogP contribution in [0.1, 0.15) is 5.56 Å². The molecule has 4 N–H and O–H groups in total. The number of rotatable bonds is 4. The summed E-state index contributed by atoms with van der Waals surface area (Å²) in [7, 11) is -4.02. The summed E-state index contributed by atoms with van der Waals surface area (Å²) < 4.78 is 29.6. The summed E-state index contributed by atoms with van der Waals surface area (Å²) in [5.74, 6) is 1.92. The van der Waals surface area contributed by atoms with Gasteiger partial charge < -0.3 is 11.1 Å². The number of hydrogen-bond donors (Lipinski definition) is 3.